The monoisotopic (exact) mass is 512 g/mol. The summed E-state index contributed by atoms with van der Waals surface area (Å²) in [6.07, 6.45) is 9.62. The molecule has 5 rings (SSSR count). The molecule has 0 atom stereocenters. The van der Waals surface area contributed by atoms with Gasteiger partial charge in [0.15, 0.2) is 23.9 Å². The average Bonchev–Trinajstić information content (AvgIpc) is 3.51. The lowest BCUT2D eigenvalue weighted by Gasteiger charge is -2.12. The van der Waals surface area contributed by atoms with Crippen LogP contribution < -0.4 is 15.6 Å². The molecular weight excluding hydrogens is 482 g/mol. The van der Waals surface area contributed by atoms with Gasteiger partial charge in [0.05, 0.1) is 24.7 Å². The van der Waals surface area contributed by atoms with Crippen LogP contribution >= 0.6 is 0 Å². The molecule has 0 spiro atoms. The molecule has 1 fully saturated rings. The fraction of sp³-hybridized carbons (Fsp3) is 0.435. The molecule has 13 heteroatoms. The van der Waals surface area contributed by atoms with Gasteiger partial charge in [-0.15, -0.1) is 9.19 Å². The van der Waals surface area contributed by atoms with Crippen LogP contribution in [0, 0.1) is 0 Å². The fourth-order valence-corrected chi connectivity index (χ4v) is 5.19. The second kappa shape index (κ2) is 10.6. The number of ether oxygens (including phenoxy) is 1. The third kappa shape index (κ3) is 5.46. The Hall–Kier alpha value is -3.58. The number of fused-ring (bicyclic) bond motifs is 1. The summed E-state index contributed by atoms with van der Waals surface area (Å²) < 4.78 is 32.9. The summed E-state index contributed by atoms with van der Waals surface area (Å²) in [5.41, 5.74) is 3.01. The highest BCUT2D eigenvalue weighted by molar-refractivity contribution is 7.90. The van der Waals surface area contributed by atoms with Crippen molar-refractivity contribution in [2.45, 2.75) is 44.4 Å². The summed E-state index contributed by atoms with van der Waals surface area (Å²) in [5.74, 6) is 2.03. The van der Waals surface area contributed by atoms with Gasteiger partial charge < -0.3 is 15.4 Å². The van der Waals surface area contributed by atoms with E-state index in [-0.39, 0.29) is 5.25 Å². The Morgan fingerprint density at radius 1 is 1.25 bits per heavy atom. The predicted molar refractivity (Wildman–Crippen MR) is 133 cm³/mol. The summed E-state index contributed by atoms with van der Waals surface area (Å²) in [6, 6.07) is 5.95. The van der Waals surface area contributed by atoms with E-state index in [1.165, 1.54) is 6.33 Å². The minimum Gasteiger partial charge on any atom is -0.379 e. The van der Waals surface area contributed by atoms with Crippen molar-refractivity contribution in [2.75, 3.05) is 30.4 Å². The molecule has 1 saturated carbocycles. The number of aromatic nitrogens is 7. The Morgan fingerprint density at radius 3 is 2.92 bits per heavy atom. The summed E-state index contributed by atoms with van der Waals surface area (Å²) in [5, 5.41) is 15.0. The molecule has 36 heavy (non-hydrogen) atoms. The van der Waals surface area contributed by atoms with Crippen molar-refractivity contribution in [1.82, 2.24) is 28.8 Å². The van der Waals surface area contributed by atoms with Gasteiger partial charge in [-0.05, 0) is 25.3 Å². The lowest BCUT2D eigenvalue weighted by atomic mass is 10.2. The molecule has 0 saturated heterocycles. The summed E-state index contributed by atoms with van der Waals surface area (Å²) in [6.45, 7) is 4.14. The van der Waals surface area contributed by atoms with E-state index in [4.69, 9.17) is 9.72 Å². The van der Waals surface area contributed by atoms with Gasteiger partial charge in [0.25, 0.3) is 10.0 Å². The maximum atomic E-state index is 12.2. The van der Waals surface area contributed by atoms with Crippen molar-refractivity contribution in [3.63, 3.8) is 0 Å². The first-order valence-electron chi connectivity index (χ1n) is 12.1. The van der Waals surface area contributed by atoms with Crippen LogP contribution in [0.4, 0.5) is 11.6 Å². The molecule has 4 aromatic rings. The fourth-order valence-electron chi connectivity index (χ4n) is 3.76. The first kappa shape index (κ1) is 24.1. The summed E-state index contributed by atoms with van der Waals surface area (Å²) in [4.78, 5) is 11.9. The minimum atomic E-state index is -3.38. The molecule has 12 nitrogen and oxygen atoms in total. The number of anilines is 2. The molecule has 0 aromatic carbocycles. The standard InChI is InChI=1S/C23H29N9O3S/c1-2-18-15-28-32-22(26-14-17-4-3-8-24-13-17)12-21(29-23(18)32)25-9-11-35-10-7-20-27-16-31(30-20)36(33,34)19-5-6-19/h3-4,8,12-13,15-16,19,26H,2,5-7,9-11,14H2,1H3,(H,25,29)/p+1. The quantitative estimate of drug-likeness (QED) is 0.254. The molecule has 1 aliphatic rings. The van der Waals surface area contributed by atoms with Gasteiger partial charge in [-0.3, -0.25) is 0 Å². The van der Waals surface area contributed by atoms with E-state index in [0.717, 1.165) is 38.9 Å². The minimum absolute atomic E-state index is 0.314. The predicted octanol–water partition coefficient (Wildman–Crippen LogP) is 1.32. The van der Waals surface area contributed by atoms with Gasteiger partial charge in [0.2, 0.25) is 0 Å². The topological polar surface area (TPSA) is 142 Å². The molecule has 4 aromatic heterocycles. The number of rotatable bonds is 13. The Kier molecular flexibility index (Phi) is 7.09. The first-order valence-corrected chi connectivity index (χ1v) is 13.6. The molecule has 0 bridgehead atoms. The van der Waals surface area contributed by atoms with E-state index in [9.17, 15) is 8.42 Å². The van der Waals surface area contributed by atoms with Crippen LogP contribution in [0.3, 0.4) is 0 Å². The first-order chi connectivity index (χ1) is 17.5. The zero-order chi connectivity index (χ0) is 25.0. The lowest BCUT2D eigenvalue weighted by Crippen LogP contribution is -2.18. The maximum Gasteiger partial charge on any atom is 0.258 e. The number of pyridine rings is 1. The third-order valence-corrected chi connectivity index (χ3v) is 7.93. The molecule has 0 unspecified atom stereocenters. The van der Waals surface area contributed by atoms with Gasteiger partial charge >= 0.3 is 0 Å². The number of H-pyrrole nitrogens is 1. The second-order valence-corrected chi connectivity index (χ2v) is 10.7. The van der Waals surface area contributed by atoms with Crippen LogP contribution in [0.1, 0.15) is 36.7 Å². The van der Waals surface area contributed by atoms with E-state index in [1.807, 2.05) is 41.3 Å². The number of aromatic amines is 1. The van der Waals surface area contributed by atoms with Crippen LogP contribution in [0.5, 0.6) is 0 Å². The van der Waals surface area contributed by atoms with E-state index in [1.54, 1.807) is 0 Å². The van der Waals surface area contributed by atoms with Crippen LogP contribution in [0.25, 0.3) is 5.65 Å². The zero-order valence-electron chi connectivity index (χ0n) is 20.1. The van der Waals surface area contributed by atoms with Gasteiger partial charge in [-0.1, -0.05) is 6.92 Å². The van der Waals surface area contributed by atoms with E-state index in [2.05, 4.69) is 37.7 Å². The van der Waals surface area contributed by atoms with Crippen LogP contribution in [-0.2, 0) is 34.1 Å². The number of nitrogens with one attached hydrogen (secondary N) is 3. The van der Waals surface area contributed by atoms with Crippen LogP contribution in [-0.4, -0.2) is 62.2 Å². The largest absolute Gasteiger partial charge is 0.379 e. The number of nitrogens with zero attached hydrogens (tertiary/aromatic N) is 6. The van der Waals surface area contributed by atoms with Crippen molar-refractivity contribution in [3.8, 4) is 0 Å². The second-order valence-electron chi connectivity index (χ2n) is 8.62. The SMILES string of the molecule is CCc1cnn2c(NCc3ccc[nH+]c3)cc(NCCOCCc3ncn(S(=O)(=O)C4CC4)n3)nc12. The van der Waals surface area contributed by atoms with Gasteiger partial charge in [-0.25, -0.2) is 23.4 Å². The molecule has 0 amide bonds. The zero-order valence-corrected chi connectivity index (χ0v) is 20.9. The molecule has 4 heterocycles. The van der Waals surface area contributed by atoms with Gasteiger partial charge in [0.1, 0.15) is 18.0 Å². The molecule has 1 aliphatic carbocycles. The number of hydrogen-bond donors (Lipinski definition) is 2. The Morgan fingerprint density at radius 2 is 2.14 bits per heavy atom. The Balaban J connectivity index is 1.14. The van der Waals surface area contributed by atoms with Gasteiger partial charge in [0, 0.05) is 42.8 Å². The maximum absolute atomic E-state index is 12.2. The smallest absolute Gasteiger partial charge is 0.258 e. The normalized spacial score (nSPS) is 13.8. The van der Waals surface area contributed by atoms with E-state index >= 15 is 0 Å². The van der Waals surface area contributed by atoms with Crippen LogP contribution in [0.2, 0.25) is 0 Å². The van der Waals surface area contributed by atoms with Crippen molar-refractivity contribution in [1.29, 1.82) is 0 Å². The number of aryl methyl sites for hydroxylation is 1. The average molecular weight is 513 g/mol. The summed E-state index contributed by atoms with van der Waals surface area (Å²) >= 11 is 0. The van der Waals surface area contributed by atoms with Crippen molar-refractivity contribution < 1.29 is 18.1 Å². The summed E-state index contributed by atoms with van der Waals surface area (Å²) in [7, 11) is -3.38. The van der Waals surface area contributed by atoms with Crippen LogP contribution in [0.15, 0.2) is 43.1 Å². The van der Waals surface area contributed by atoms with Crippen molar-refractivity contribution in [2.24, 2.45) is 0 Å². The highest BCUT2D eigenvalue weighted by Crippen LogP contribution is 2.29. The third-order valence-electron chi connectivity index (χ3n) is 5.92. The van der Waals surface area contributed by atoms with Crippen molar-refractivity contribution in [3.05, 3.63) is 60.1 Å². The highest BCUT2D eigenvalue weighted by Gasteiger charge is 2.37. The number of hydrogen-bond acceptors (Lipinski definition) is 9. The van der Waals surface area contributed by atoms with Gasteiger partial charge in [-0.2, -0.15) is 9.61 Å². The Bertz CT molecular complexity index is 1420. The molecular formula is C23H30N9O3S+. The van der Waals surface area contributed by atoms with E-state index in [0.29, 0.717) is 51.4 Å². The molecule has 190 valence electrons. The molecule has 0 radical (unpaired) electrons. The Labute approximate surface area is 209 Å². The van der Waals surface area contributed by atoms with E-state index < -0.39 is 10.0 Å². The lowest BCUT2D eigenvalue weighted by molar-refractivity contribution is -0.378. The highest BCUT2D eigenvalue weighted by atomic mass is 32.2. The molecule has 0 aliphatic heterocycles. The molecule has 3 N–H and O–H groups in total. The van der Waals surface area contributed by atoms with Crippen molar-refractivity contribution >= 4 is 27.3 Å².